The largest absolute Gasteiger partial charge is 0.456 e. The maximum absolute atomic E-state index is 7.14. The van der Waals surface area contributed by atoms with Gasteiger partial charge in [-0.25, -0.2) is 0 Å². The zero-order chi connectivity index (χ0) is 33.7. The highest BCUT2D eigenvalue weighted by Crippen LogP contribution is 2.52. The molecule has 0 fully saturated rings. The quantitative estimate of drug-likeness (QED) is 0.189. The van der Waals surface area contributed by atoms with Gasteiger partial charge in [0.15, 0.2) is 0 Å². The average Bonchev–Trinajstić information content (AvgIpc) is 3.53. The van der Waals surface area contributed by atoms with Crippen molar-refractivity contribution in [2.45, 2.75) is 0 Å². The van der Waals surface area contributed by atoms with Gasteiger partial charge < -0.3 is 14.0 Å². The molecule has 0 N–H and O–H groups in total. The van der Waals surface area contributed by atoms with E-state index < -0.39 is 0 Å². The highest BCUT2D eigenvalue weighted by Gasteiger charge is 2.25. The number of ether oxygens (including phenoxy) is 2. The van der Waals surface area contributed by atoms with Crippen LogP contribution in [-0.2, 0) is 0 Å². The van der Waals surface area contributed by atoms with Crippen LogP contribution in [0.5, 0.6) is 23.0 Å². The van der Waals surface area contributed by atoms with Gasteiger partial charge in [0.05, 0.1) is 11.0 Å². The van der Waals surface area contributed by atoms with Gasteiger partial charge in [0.1, 0.15) is 23.0 Å². The van der Waals surface area contributed by atoms with Crippen molar-refractivity contribution < 1.29 is 9.47 Å². The van der Waals surface area contributed by atoms with Crippen LogP contribution >= 0.6 is 0 Å². The van der Waals surface area contributed by atoms with E-state index in [1.54, 1.807) is 0 Å². The Morgan fingerprint density at radius 3 is 1.71 bits per heavy atom. The molecular weight excluding hydrogens is 623 g/mol. The summed E-state index contributed by atoms with van der Waals surface area (Å²) in [6.45, 7) is 0. The Hall–Kier alpha value is -6.84. The van der Waals surface area contributed by atoms with Crippen LogP contribution in [0.15, 0.2) is 188 Å². The van der Waals surface area contributed by atoms with E-state index in [4.69, 9.17) is 9.47 Å². The number of nitrogens with zero attached hydrogens (tertiary/aromatic N) is 1. The Morgan fingerprint density at radius 2 is 0.902 bits per heavy atom. The summed E-state index contributed by atoms with van der Waals surface area (Å²) in [4.78, 5) is 0. The van der Waals surface area contributed by atoms with E-state index in [1.165, 1.54) is 16.3 Å². The first-order valence-corrected chi connectivity index (χ1v) is 17.3. The summed E-state index contributed by atoms with van der Waals surface area (Å²) in [6, 6.07) is 65.7. The molecule has 0 unspecified atom stereocenters. The standard InChI is InChI=1S/C48H31NO2/c1-3-15-32(16-4-1)36-23-13-24-41-47-35(33-29-30-38-37-19-7-10-25-42(37)49(43(38)31-33)34-17-5-2-6-18-34)22-14-28-46(47)50-44-26-11-8-20-39(44)40-21-9-12-27-45(40)51-48(36)41/h1-31H. The van der Waals surface area contributed by atoms with Gasteiger partial charge in [-0.2, -0.15) is 0 Å². The normalized spacial score (nSPS) is 11.8. The number of fused-ring (bicyclic) bond motifs is 9. The molecule has 240 valence electrons. The Balaban J connectivity index is 1.28. The third-order valence-corrected chi connectivity index (χ3v) is 9.89. The molecule has 1 aliphatic heterocycles. The van der Waals surface area contributed by atoms with E-state index in [-0.39, 0.29) is 0 Å². The van der Waals surface area contributed by atoms with Crippen molar-refractivity contribution in [1.82, 2.24) is 4.57 Å². The molecule has 51 heavy (non-hydrogen) atoms. The van der Waals surface area contributed by atoms with Crippen LogP contribution in [0.2, 0.25) is 0 Å². The van der Waals surface area contributed by atoms with Crippen LogP contribution in [0.1, 0.15) is 0 Å². The van der Waals surface area contributed by atoms with Crippen molar-refractivity contribution in [2.75, 3.05) is 0 Å². The van der Waals surface area contributed by atoms with E-state index in [0.717, 1.165) is 78.7 Å². The number of aromatic nitrogens is 1. The predicted molar refractivity (Wildman–Crippen MR) is 209 cm³/mol. The Bertz CT molecular complexity index is 2740. The Kier molecular flexibility index (Phi) is 6.81. The molecule has 0 saturated carbocycles. The van der Waals surface area contributed by atoms with Gasteiger partial charge in [-0.3, -0.25) is 0 Å². The molecule has 0 amide bonds. The number of benzene rings is 8. The molecule has 1 aliphatic rings. The topological polar surface area (TPSA) is 23.4 Å². The molecule has 9 aromatic rings. The zero-order valence-electron chi connectivity index (χ0n) is 27.7. The van der Waals surface area contributed by atoms with E-state index in [1.807, 2.05) is 42.5 Å². The van der Waals surface area contributed by atoms with Gasteiger partial charge >= 0.3 is 0 Å². The van der Waals surface area contributed by atoms with Crippen LogP contribution in [0.4, 0.5) is 0 Å². The van der Waals surface area contributed by atoms with Crippen LogP contribution in [0.25, 0.3) is 72.0 Å². The summed E-state index contributed by atoms with van der Waals surface area (Å²) in [5.74, 6) is 3.09. The maximum atomic E-state index is 7.14. The van der Waals surface area contributed by atoms with Crippen molar-refractivity contribution in [3.63, 3.8) is 0 Å². The van der Waals surface area contributed by atoms with Crippen molar-refractivity contribution in [2.24, 2.45) is 0 Å². The van der Waals surface area contributed by atoms with E-state index in [0.29, 0.717) is 0 Å². The minimum Gasteiger partial charge on any atom is -0.456 e. The molecule has 1 aromatic heterocycles. The van der Waals surface area contributed by atoms with Gasteiger partial charge in [-0.05, 0) is 59.2 Å². The summed E-state index contributed by atoms with van der Waals surface area (Å²) < 4.78 is 16.5. The van der Waals surface area contributed by atoms with E-state index in [9.17, 15) is 0 Å². The molecule has 3 heteroatoms. The molecule has 8 aromatic carbocycles. The summed E-state index contributed by atoms with van der Waals surface area (Å²) in [6.07, 6.45) is 0. The minimum atomic E-state index is 0.762. The fraction of sp³-hybridized carbons (Fsp3) is 0. The maximum Gasteiger partial charge on any atom is 0.143 e. The second-order valence-electron chi connectivity index (χ2n) is 12.8. The first-order valence-electron chi connectivity index (χ1n) is 17.3. The summed E-state index contributed by atoms with van der Waals surface area (Å²) >= 11 is 0. The molecule has 3 nitrogen and oxygen atoms in total. The second kappa shape index (κ2) is 11.9. The first kappa shape index (κ1) is 29.1. The Morgan fingerprint density at radius 1 is 0.333 bits per heavy atom. The van der Waals surface area contributed by atoms with Crippen LogP contribution in [0, 0.1) is 0 Å². The van der Waals surface area contributed by atoms with Crippen LogP contribution < -0.4 is 9.47 Å². The molecule has 0 saturated heterocycles. The SMILES string of the molecule is c1ccc(-c2cccc3c2Oc2ccccc2-c2ccccc2Oc2cccc(-c4ccc5c6ccccc6n(-c6ccccc6)c5c4)c2-3)cc1. The van der Waals surface area contributed by atoms with Gasteiger partial charge in [-0.1, -0.05) is 146 Å². The van der Waals surface area contributed by atoms with Crippen molar-refractivity contribution >= 4 is 21.8 Å². The Labute approximate surface area is 296 Å². The smallest absolute Gasteiger partial charge is 0.143 e. The highest BCUT2D eigenvalue weighted by molar-refractivity contribution is 6.10. The third-order valence-electron chi connectivity index (χ3n) is 9.89. The summed E-state index contributed by atoms with van der Waals surface area (Å²) in [5.41, 5.74) is 11.6. The van der Waals surface area contributed by atoms with E-state index in [2.05, 4.69) is 150 Å². The van der Waals surface area contributed by atoms with Crippen LogP contribution in [-0.4, -0.2) is 4.57 Å². The lowest BCUT2D eigenvalue weighted by molar-refractivity contribution is 0.473. The van der Waals surface area contributed by atoms with E-state index >= 15 is 0 Å². The first-order chi connectivity index (χ1) is 25.3. The molecule has 0 aliphatic carbocycles. The van der Waals surface area contributed by atoms with Crippen LogP contribution in [0.3, 0.4) is 0 Å². The third kappa shape index (κ3) is 4.82. The van der Waals surface area contributed by atoms with Gasteiger partial charge in [0.25, 0.3) is 0 Å². The number of hydrogen-bond donors (Lipinski definition) is 0. The average molecular weight is 654 g/mol. The number of rotatable bonds is 3. The van der Waals surface area contributed by atoms with Gasteiger partial charge in [0, 0.05) is 44.3 Å². The van der Waals surface area contributed by atoms with Crippen molar-refractivity contribution in [3.05, 3.63) is 188 Å². The molecule has 2 heterocycles. The lowest BCUT2D eigenvalue weighted by atomic mass is 9.90. The lowest BCUT2D eigenvalue weighted by Gasteiger charge is -2.24. The summed E-state index contributed by atoms with van der Waals surface area (Å²) in [7, 11) is 0. The minimum absolute atomic E-state index is 0.762. The monoisotopic (exact) mass is 653 g/mol. The predicted octanol–water partition coefficient (Wildman–Crippen LogP) is 13.3. The second-order valence-corrected chi connectivity index (χ2v) is 12.8. The lowest BCUT2D eigenvalue weighted by Crippen LogP contribution is -2.00. The molecular formula is C48H31NO2. The molecule has 0 atom stereocenters. The number of hydrogen-bond acceptors (Lipinski definition) is 2. The fourth-order valence-electron chi connectivity index (χ4n) is 7.60. The van der Waals surface area contributed by atoms with Gasteiger partial charge in [0.2, 0.25) is 0 Å². The molecule has 0 bridgehead atoms. The molecule has 0 spiro atoms. The number of para-hydroxylation sites is 5. The fourth-order valence-corrected chi connectivity index (χ4v) is 7.60. The van der Waals surface area contributed by atoms with Crippen molar-refractivity contribution in [1.29, 1.82) is 0 Å². The van der Waals surface area contributed by atoms with Crippen molar-refractivity contribution in [3.8, 4) is 73.2 Å². The molecule has 10 rings (SSSR count). The highest BCUT2D eigenvalue weighted by atomic mass is 16.5. The summed E-state index contributed by atoms with van der Waals surface area (Å²) in [5, 5.41) is 2.44. The van der Waals surface area contributed by atoms with Gasteiger partial charge in [-0.15, -0.1) is 0 Å². The molecule has 0 radical (unpaired) electrons. The zero-order valence-corrected chi connectivity index (χ0v) is 27.7.